The van der Waals surface area contributed by atoms with Crippen molar-refractivity contribution in [2.75, 3.05) is 31.2 Å². The van der Waals surface area contributed by atoms with Crippen molar-refractivity contribution in [1.82, 2.24) is 0 Å². The highest BCUT2D eigenvalue weighted by atomic mass is 127. The van der Waals surface area contributed by atoms with Crippen LogP contribution in [0.25, 0.3) is 0 Å². The fourth-order valence-corrected chi connectivity index (χ4v) is 2.51. The SMILES string of the molecule is CCc1cc(I)ccc1N1CCOCC1. The maximum atomic E-state index is 5.38. The van der Waals surface area contributed by atoms with Crippen LogP contribution in [0.5, 0.6) is 0 Å². The van der Waals surface area contributed by atoms with Crippen molar-refractivity contribution in [2.45, 2.75) is 13.3 Å². The highest BCUT2D eigenvalue weighted by Gasteiger charge is 2.13. The molecule has 0 aliphatic carbocycles. The molecule has 1 aliphatic rings. The van der Waals surface area contributed by atoms with Gasteiger partial charge in [0.2, 0.25) is 0 Å². The number of hydrogen-bond donors (Lipinski definition) is 0. The Labute approximate surface area is 105 Å². The average molecular weight is 317 g/mol. The Morgan fingerprint density at radius 2 is 2.07 bits per heavy atom. The third-order valence-corrected chi connectivity index (χ3v) is 3.45. The van der Waals surface area contributed by atoms with Gasteiger partial charge in [0.05, 0.1) is 13.2 Å². The van der Waals surface area contributed by atoms with Gasteiger partial charge in [0.15, 0.2) is 0 Å². The Hall–Kier alpha value is -0.290. The molecule has 0 saturated carbocycles. The Balaban J connectivity index is 2.25. The first-order valence-electron chi connectivity index (χ1n) is 5.42. The van der Waals surface area contributed by atoms with E-state index in [-0.39, 0.29) is 0 Å². The van der Waals surface area contributed by atoms with Gasteiger partial charge in [-0.3, -0.25) is 0 Å². The molecule has 1 heterocycles. The lowest BCUT2D eigenvalue weighted by Gasteiger charge is -2.30. The molecular formula is C12H16INO. The average Bonchev–Trinajstić information content (AvgIpc) is 2.30. The topological polar surface area (TPSA) is 12.5 Å². The fourth-order valence-electron chi connectivity index (χ4n) is 1.95. The number of ether oxygens (including phenoxy) is 1. The smallest absolute Gasteiger partial charge is 0.0642 e. The lowest BCUT2D eigenvalue weighted by molar-refractivity contribution is 0.122. The summed E-state index contributed by atoms with van der Waals surface area (Å²) in [5.74, 6) is 0. The third kappa shape index (κ3) is 2.64. The number of anilines is 1. The lowest BCUT2D eigenvalue weighted by Crippen LogP contribution is -2.36. The minimum Gasteiger partial charge on any atom is -0.378 e. The molecule has 2 nitrogen and oxygen atoms in total. The van der Waals surface area contributed by atoms with Gasteiger partial charge in [-0.2, -0.15) is 0 Å². The van der Waals surface area contributed by atoms with Gasteiger partial charge in [-0.05, 0) is 52.8 Å². The molecule has 82 valence electrons. The maximum absolute atomic E-state index is 5.38. The highest BCUT2D eigenvalue weighted by molar-refractivity contribution is 14.1. The van der Waals surface area contributed by atoms with E-state index in [0.29, 0.717) is 0 Å². The number of hydrogen-bond acceptors (Lipinski definition) is 2. The summed E-state index contributed by atoms with van der Waals surface area (Å²) in [5.41, 5.74) is 2.84. The zero-order valence-corrected chi connectivity index (χ0v) is 11.2. The van der Waals surface area contributed by atoms with E-state index >= 15 is 0 Å². The quantitative estimate of drug-likeness (QED) is 0.778. The Morgan fingerprint density at radius 1 is 1.33 bits per heavy atom. The summed E-state index contributed by atoms with van der Waals surface area (Å²) in [6.07, 6.45) is 1.10. The standard InChI is InChI=1S/C12H16INO/c1-2-10-9-11(13)3-4-12(10)14-5-7-15-8-6-14/h3-4,9H,2,5-8H2,1H3. The molecule has 0 radical (unpaired) electrons. The van der Waals surface area contributed by atoms with Gasteiger partial charge in [-0.25, -0.2) is 0 Å². The second-order valence-electron chi connectivity index (χ2n) is 3.73. The largest absolute Gasteiger partial charge is 0.378 e. The van der Waals surface area contributed by atoms with Crippen LogP contribution < -0.4 is 4.90 Å². The van der Waals surface area contributed by atoms with Crippen LogP contribution in [0.3, 0.4) is 0 Å². The zero-order valence-electron chi connectivity index (χ0n) is 9.00. The molecule has 0 N–H and O–H groups in total. The first-order valence-corrected chi connectivity index (χ1v) is 6.50. The first-order chi connectivity index (χ1) is 7.31. The normalized spacial score (nSPS) is 16.8. The molecule has 0 amide bonds. The minimum absolute atomic E-state index is 0.856. The number of halogens is 1. The molecule has 0 atom stereocenters. The van der Waals surface area contributed by atoms with Gasteiger partial charge in [0.25, 0.3) is 0 Å². The molecule has 0 spiro atoms. The van der Waals surface area contributed by atoms with Crippen LogP contribution in [-0.4, -0.2) is 26.3 Å². The second-order valence-corrected chi connectivity index (χ2v) is 4.97. The number of benzene rings is 1. The van der Waals surface area contributed by atoms with E-state index in [1.54, 1.807) is 0 Å². The van der Waals surface area contributed by atoms with Crippen LogP contribution in [0.1, 0.15) is 12.5 Å². The van der Waals surface area contributed by atoms with E-state index in [9.17, 15) is 0 Å². The third-order valence-electron chi connectivity index (χ3n) is 2.77. The van der Waals surface area contributed by atoms with Crippen LogP contribution in [0, 0.1) is 3.57 Å². The van der Waals surface area contributed by atoms with Gasteiger partial charge in [0, 0.05) is 22.3 Å². The number of aryl methyl sites for hydroxylation is 1. The zero-order chi connectivity index (χ0) is 10.7. The second kappa shape index (κ2) is 5.16. The summed E-state index contributed by atoms with van der Waals surface area (Å²) < 4.78 is 6.70. The molecule has 1 aromatic carbocycles. The number of nitrogens with zero attached hydrogens (tertiary/aromatic N) is 1. The Kier molecular flexibility index (Phi) is 3.86. The molecule has 2 rings (SSSR count). The van der Waals surface area contributed by atoms with Crippen molar-refractivity contribution in [3.05, 3.63) is 27.3 Å². The molecule has 0 bridgehead atoms. The van der Waals surface area contributed by atoms with Crippen molar-refractivity contribution < 1.29 is 4.74 Å². The molecule has 15 heavy (non-hydrogen) atoms. The van der Waals surface area contributed by atoms with Crippen molar-refractivity contribution in [2.24, 2.45) is 0 Å². The van der Waals surface area contributed by atoms with E-state index in [0.717, 1.165) is 32.7 Å². The lowest BCUT2D eigenvalue weighted by atomic mass is 10.1. The number of morpholine rings is 1. The molecule has 3 heteroatoms. The van der Waals surface area contributed by atoms with Gasteiger partial charge >= 0.3 is 0 Å². The van der Waals surface area contributed by atoms with Gasteiger partial charge in [0.1, 0.15) is 0 Å². The van der Waals surface area contributed by atoms with Crippen molar-refractivity contribution >= 4 is 28.3 Å². The Morgan fingerprint density at radius 3 is 2.73 bits per heavy atom. The minimum atomic E-state index is 0.856. The van der Waals surface area contributed by atoms with E-state index in [4.69, 9.17) is 4.74 Å². The predicted octanol–water partition coefficient (Wildman–Crippen LogP) is 2.69. The van der Waals surface area contributed by atoms with E-state index < -0.39 is 0 Å². The van der Waals surface area contributed by atoms with E-state index in [1.165, 1.54) is 14.8 Å². The summed E-state index contributed by atoms with van der Waals surface area (Å²) in [6.45, 7) is 5.97. The predicted molar refractivity (Wildman–Crippen MR) is 71.6 cm³/mol. The van der Waals surface area contributed by atoms with Crippen molar-refractivity contribution in [3.8, 4) is 0 Å². The monoisotopic (exact) mass is 317 g/mol. The van der Waals surface area contributed by atoms with Gasteiger partial charge in [-0.15, -0.1) is 0 Å². The van der Waals surface area contributed by atoms with Gasteiger partial charge < -0.3 is 9.64 Å². The van der Waals surface area contributed by atoms with Crippen molar-refractivity contribution in [3.63, 3.8) is 0 Å². The maximum Gasteiger partial charge on any atom is 0.0642 e. The summed E-state index contributed by atoms with van der Waals surface area (Å²) in [6, 6.07) is 6.71. The molecule has 1 fully saturated rings. The molecular weight excluding hydrogens is 301 g/mol. The first kappa shape index (κ1) is 11.2. The van der Waals surface area contributed by atoms with Crippen molar-refractivity contribution in [1.29, 1.82) is 0 Å². The Bertz CT molecular complexity index is 334. The molecule has 1 aromatic rings. The summed E-state index contributed by atoms with van der Waals surface area (Å²) in [5, 5.41) is 0. The van der Waals surface area contributed by atoms with E-state index in [1.807, 2.05) is 0 Å². The highest BCUT2D eigenvalue weighted by Crippen LogP contribution is 2.24. The van der Waals surface area contributed by atoms with Gasteiger partial charge in [-0.1, -0.05) is 6.92 Å². The fraction of sp³-hybridized carbons (Fsp3) is 0.500. The van der Waals surface area contributed by atoms with Crippen LogP contribution in [0.15, 0.2) is 18.2 Å². The van der Waals surface area contributed by atoms with Crippen LogP contribution in [0.2, 0.25) is 0 Å². The number of rotatable bonds is 2. The summed E-state index contributed by atoms with van der Waals surface area (Å²) >= 11 is 2.37. The van der Waals surface area contributed by atoms with Crippen LogP contribution >= 0.6 is 22.6 Å². The molecule has 1 aliphatic heterocycles. The van der Waals surface area contributed by atoms with E-state index in [2.05, 4.69) is 52.6 Å². The summed E-state index contributed by atoms with van der Waals surface area (Å²) in [7, 11) is 0. The van der Waals surface area contributed by atoms with Crippen LogP contribution in [-0.2, 0) is 11.2 Å². The molecule has 0 unspecified atom stereocenters. The molecule has 0 aromatic heterocycles. The summed E-state index contributed by atoms with van der Waals surface area (Å²) in [4.78, 5) is 2.43. The van der Waals surface area contributed by atoms with Crippen LogP contribution in [0.4, 0.5) is 5.69 Å². The molecule has 1 saturated heterocycles.